The van der Waals surface area contributed by atoms with E-state index in [1.807, 2.05) is 4.90 Å². The number of benzene rings is 1. The molecule has 2 heterocycles. The molecule has 7 heteroatoms. The molecule has 0 spiro atoms. The van der Waals surface area contributed by atoms with Crippen molar-refractivity contribution in [2.75, 3.05) is 44.2 Å². The van der Waals surface area contributed by atoms with E-state index in [0.717, 1.165) is 38.5 Å². The maximum Gasteiger partial charge on any atom is 0.314 e. The van der Waals surface area contributed by atoms with Gasteiger partial charge in [-0.05, 0) is 57.2 Å². The van der Waals surface area contributed by atoms with Gasteiger partial charge in [0.15, 0.2) is 11.6 Å². The molecule has 0 radical (unpaired) electrons. The van der Waals surface area contributed by atoms with E-state index in [9.17, 15) is 13.6 Å². The summed E-state index contributed by atoms with van der Waals surface area (Å²) in [6, 6.07) is 4.53. The Morgan fingerprint density at radius 1 is 1.14 bits per heavy atom. The summed E-state index contributed by atoms with van der Waals surface area (Å²) in [6.07, 6.45) is 5.77. The van der Waals surface area contributed by atoms with E-state index in [0.29, 0.717) is 30.7 Å². The third-order valence-electron chi connectivity index (χ3n) is 5.95. The van der Waals surface area contributed by atoms with E-state index >= 15 is 0 Å². The number of carbonyl (C=O) groups excluding carboxylic acids is 1. The fourth-order valence-electron chi connectivity index (χ4n) is 4.19. The smallest absolute Gasteiger partial charge is 0.314 e. The van der Waals surface area contributed by atoms with E-state index in [-0.39, 0.29) is 6.03 Å². The fourth-order valence-corrected chi connectivity index (χ4v) is 4.19. The standard InChI is InChI=1S/C21H32F2N4O/c1-16-5-2-3-10-26(16)11-4-9-24-21(28)25-14-17-8-12-27(15-17)18-6-7-19(22)20(23)13-18/h6-7,13,16-17H,2-5,8-12,14-15H2,1H3,(H2,24,25,28)/t16-,17+/m1/s1. The first-order chi connectivity index (χ1) is 13.5. The maximum absolute atomic E-state index is 13.4. The second-order valence-electron chi connectivity index (χ2n) is 8.07. The van der Waals surface area contributed by atoms with Crippen molar-refractivity contribution in [2.24, 2.45) is 5.92 Å². The quantitative estimate of drug-likeness (QED) is 0.698. The molecular weight excluding hydrogens is 362 g/mol. The van der Waals surface area contributed by atoms with Crippen LogP contribution in [0.2, 0.25) is 0 Å². The fraction of sp³-hybridized carbons (Fsp3) is 0.667. The van der Waals surface area contributed by atoms with Crippen LogP contribution in [0.3, 0.4) is 0 Å². The van der Waals surface area contributed by atoms with Gasteiger partial charge in [-0.15, -0.1) is 0 Å². The molecule has 2 amide bonds. The van der Waals surface area contributed by atoms with Gasteiger partial charge in [0.25, 0.3) is 0 Å². The predicted octanol–water partition coefficient (Wildman–Crippen LogP) is 3.35. The van der Waals surface area contributed by atoms with Gasteiger partial charge in [-0.2, -0.15) is 0 Å². The number of rotatable bonds is 7. The van der Waals surface area contributed by atoms with Crippen LogP contribution in [0.5, 0.6) is 0 Å². The van der Waals surface area contributed by atoms with Gasteiger partial charge < -0.3 is 20.4 Å². The van der Waals surface area contributed by atoms with Crippen molar-refractivity contribution in [1.29, 1.82) is 0 Å². The Hall–Kier alpha value is -1.89. The van der Waals surface area contributed by atoms with Crippen molar-refractivity contribution in [3.05, 3.63) is 29.8 Å². The largest absolute Gasteiger partial charge is 0.371 e. The van der Waals surface area contributed by atoms with Crippen LogP contribution < -0.4 is 15.5 Å². The number of urea groups is 1. The lowest BCUT2D eigenvalue weighted by Crippen LogP contribution is -2.41. The van der Waals surface area contributed by atoms with Crippen LogP contribution in [-0.4, -0.2) is 56.2 Å². The molecule has 0 bridgehead atoms. The molecule has 0 aromatic heterocycles. The molecule has 0 saturated carbocycles. The van der Waals surface area contributed by atoms with Crippen LogP contribution >= 0.6 is 0 Å². The third-order valence-corrected chi connectivity index (χ3v) is 5.95. The molecule has 1 aromatic carbocycles. The molecule has 3 rings (SSSR count). The highest BCUT2D eigenvalue weighted by molar-refractivity contribution is 5.73. The first kappa shape index (κ1) is 20.8. The number of carbonyl (C=O) groups is 1. The van der Waals surface area contributed by atoms with E-state index in [4.69, 9.17) is 0 Å². The number of hydrogen-bond acceptors (Lipinski definition) is 3. The number of anilines is 1. The van der Waals surface area contributed by atoms with Crippen LogP contribution in [-0.2, 0) is 0 Å². The molecule has 2 N–H and O–H groups in total. The van der Waals surface area contributed by atoms with Crippen LogP contribution in [0.15, 0.2) is 18.2 Å². The summed E-state index contributed by atoms with van der Waals surface area (Å²) in [7, 11) is 0. The van der Waals surface area contributed by atoms with Gasteiger partial charge in [-0.3, -0.25) is 0 Å². The Morgan fingerprint density at radius 3 is 2.79 bits per heavy atom. The van der Waals surface area contributed by atoms with Crippen LogP contribution in [0.25, 0.3) is 0 Å². The summed E-state index contributed by atoms with van der Waals surface area (Å²) in [5.41, 5.74) is 0.692. The molecule has 2 fully saturated rings. The first-order valence-corrected chi connectivity index (χ1v) is 10.5. The topological polar surface area (TPSA) is 47.6 Å². The molecule has 1 aromatic rings. The van der Waals surface area contributed by atoms with Gasteiger partial charge in [0.2, 0.25) is 0 Å². The lowest BCUT2D eigenvalue weighted by molar-refractivity contribution is 0.159. The van der Waals surface area contributed by atoms with Crippen molar-refractivity contribution >= 4 is 11.7 Å². The van der Waals surface area contributed by atoms with Crippen LogP contribution in [0.1, 0.15) is 39.0 Å². The van der Waals surface area contributed by atoms with E-state index in [1.54, 1.807) is 6.07 Å². The number of piperidine rings is 1. The molecule has 156 valence electrons. The van der Waals surface area contributed by atoms with E-state index in [1.165, 1.54) is 31.9 Å². The summed E-state index contributed by atoms with van der Waals surface area (Å²) in [6.45, 7) is 7.28. The number of nitrogens with zero attached hydrogens (tertiary/aromatic N) is 2. The number of amides is 2. The molecule has 5 nitrogen and oxygen atoms in total. The average Bonchev–Trinajstić information content (AvgIpc) is 3.16. The molecule has 28 heavy (non-hydrogen) atoms. The minimum absolute atomic E-state index is 0.127. The predicted molar refractivity (Wildman–Crippen MR) is 108 cm³/mol. The zero-order valence-electron chi connectivity index (χ0n) is 16.7. The second-order valence-corrected chi connectivity index (χ2v) is 8.07. The molecule has 0 aliphatic carbocycles. The zero-order valence-corrected chi connectivity index (χ0v) is 16.7. The Balaban J connectivity index is 1.30. The summed E-state index contributed by atoms with van der Waals surface area (Å²) in [4.78, 5) is 16.6. The molecule has 2 atom stereocenters. The van der Waals surface area contributed by atoms with Crippen LogP contribution in [0.4, 0.5) is 19.3 Å². The Morgan fingerprint density at radius 2 is 2.00 bits per heavy atom. The Kier molecular flexibility index (Phi) is 7.48. The zero-order chi connectivity index (χ0) is 19.9. The molecule has 2 aliphatic heterocycles. The monoisotopic (exact) mass is 394 g/mol. The summed E-state index contributed by atoms with van der Waals surface area (Å²) in [5.74, 6) is -1.34. The van der Waals surface area contributed by atoms with Crippen molar-refractivity contribution in [3.63, 3.8) is 0 Å². The lowest BCUT2D eigenvalue weighted by atomic mass is 10.0. The molecule has 2 saturated heterocycles. The van der Waals surface area contributed by atoms with E-state index in [2.05, 4.69) is 22.5 Å². The van der Waals surface area contributed by atoms with Gasteiger partial charge in [0.1, 0.15) is 0 Å². The third kappa shape index (κ3) is 5.80. The molecule has 2 aliphatic rings. The highest BCUT2D eigenvalue weighted by Gasteiger charge is 2.24. The highest BCUT2D eigenvalue weighted by Crippen LogP contribution is 2.25. The summed E-state index contributed by atoms with van der Waals surface area (Å²) in [5, 5.41) is 5.88. The molecular formula is C21H32F2N4O. The second kappa shape index (κ2) is 10.0. The average molecular weight is 395 g/mol. The molecule has 0 unspecified atom stereocenters. The van der Waals surface area contributed by atoms with Gasteiger partial charge >= 0.3 is 6.03 Å². The highest BCUT2D eigenvalue weighted by atomic mass is 19.2. The van der Waals surface area contributed by atoms with Crippen molar-refractivity contribution in [1.82, 2.24) is 15.5 Å². The van der Waals surface area contributed by atoms with Gasteiger partial charge in [-0.25, -0.2) is 13.6 Å². The van der Waals surface area contributed by atoms with Crippen molar-refractivity contribution < 1.29 is 13.6 Å². The SMILES string of the molecule is C[C@@H]1CCCCN1CCCNC(=O)NC[C@@H]1CCN(c2ccc(F)c(F)c2)C1. The first-order valence-electron chi connectivity index (χ1n) is 10.5. The summed E-state index contributed by atoms with van der Waals surface area (Å²) < 4.78 is 26.5. The minimum Gasteiger partial charge on any atom is -0.371 e. The van der Waals surface area contributed by atoms with Gasteiger partial charge in [0, 0.05) is 50.5 Å². The number of hydrogen-bond donors (Lipinski definition) is 2. The van der Waals surface area contributed by atoms with Crippen molar-refractivity contribution in [2.45, 2.75) is 45.1 Å². The van der Waals surface area contributed by atoms with E-state index < -0.39 is 11.6 Å². The lowest BCUT2D eigenvalue weighted by Gasteiger charge is -2.33. The van der Waals surface area contributed by atoms with Gasteiger partial charge in [-0.1, -0.05) is 6.42 Å². The van der Waals surface area contributed by atoms with Crippen LogP contribution in [0, 0.1) is 17.6 Å². The number of halogens is 2. The maximum atomic E-state index is 13.4. The normalized spacial score (nSPS) is 23.0. The van der Waals surface area contributed by atoms with Crippen molar-refractivity contribution in [3.8, 4) is 0 Å². The Labute approximate surface area is 166 Å². The number of likely N-dealkylation sites (tertiary alicyclic amines) is 1. The minimum atomic E-state index is -0.826. The van der Waals surface area contributed by atoms with Gasteiger partial charge in [0.05, 0.1) is 0 Å². The Bertz CT molecular complexity index is 657. The summed E-state index contributed by atoms with van der Waals surface area (Å²) >= 11 is 0. The number of nitrogens with one attached hydrogen (secondary N) is 2.